The predicted molar refractivity (Wildman–Crippen MR) is 85.1 cm³/mol. The van der Waals surface area contributed by atoms with E-state index in [1.54, 1.807) is 10.7 Å². The van der Waals surface area contributed by atoms with Crippen molar-refractivity contribution in [3.05, 3.63) is 29.7 Å². The van der Waals surface area contributed by atoms with Crippen LogP contribution in [0.25, 0.3) is 0 Å². The van der Waals surface area contributed by atoms with E-state index in [0.29, 0.717) is 0 Å². The van der Waals surface area contributed by atoms with Crippen LogP contribution in [0.2, 0.25) is 0 Å². The molecule has 2 rings (SSSR count). The first kappa shape index (κ1) is 17.1. The second-order valence-electron chi connectivity index (χ2n) is 5.25. The summed E-state index contributed by atoms with van der Waals surface area (Å²) in [7, 11) is -3.89. The van der Waals surface area contributed by atoms with E-state index < -0.39 is 16.0 Å². The number of rotatable bonds is 7. The second kappa shape index (κ2) is 6.45. The van der Waals surface area contributed by atoms with Gasteiger partial charge in [0.25, 0.3) is 10.0 Å². The maximum atomic E-state index is 12.3. The Hall–Kier alpha value is -2.29. The van der Waals surface area contributed by atoms with Crippen LogP contribution in [0.5, 0.6) is 0 Å². The molecule has 0 unspecified atom stereocenters. The van der Waals surface area contributed by atoms with Crippen LogP contribution >= 0.6 is 0 Å². The maximum absolute atomic E-state index is 12.3. The Balaban J connectivity index is 2.27. The predicted octanol–water partition coefficient (Wildman–Crippen LogP) is 2.38. The number of aryl methyl sites for hydroxylation is 1. The van der Waals surface area contributed by atoms with Gasteiger partial charge in [-0.15, -0.1) is 0 Å². The highest BCUT2D eigenvalue weighted by Gasteiger charge is 2.20. The van der Waals surface area contributed by atoms with Gasteiger partial charge < -0.3 is 10.1 Å². The SMILES string of the molecule is CCC(CC)n1nc(NS(=O)(=O)c2c[nH]c(C(=O)O)c2)cc1C. The Morgan fingerprint density at radius 2 is 2.04 bits per heavy atom. The van der Waals surface area contributed by atoms with Gasteiger partial charge in [-0.1, -0.05) is 13.8 Å². The van der Waals surface area contributed by atoms with Crippen molar-refractivity contribution in [2.75, 3.05) is 4.72 Å². The summed E-state index contributed by atoms with van der Waals surface area (Å²) in [5, 5.41) is 13.2. The third-order valence-electron chi connectivity index (χ3n) is 3.65. The molecule has 0 aromatic carbocycles. The maximum Gasteiger partial charge on any atom is 0.352 e. The van der Waals surface area contributed by atoms with Gasteiger partial charge in [-0.25, -0.2) is 13.2 Å². The molecule has 23 heavy (non-hydrogen) atoms. The average molecular weight is 340 g/mol. The summed E-state index contributed by atoms with van der Waals surface area (Å²) in [6, 6.07) is 2.93. The normalized spacial score (nSPS) is 11.8. The zero-order valence-corrected chi connectivity index (χ0v) is 14.0. The van der Waals surface area contributed by atoms with Gasteiger partial charge in [-0.2, -0.15) is 5.10 Å². The minimum Gasteiger partial charge on any atom is -0.477 e. The van der Waals surface area contributed by atoms with E-state index in [1.807, 2.05) is 20.8 Å². The fourth-order valence-corrected chi connectivity index (χ4v) is 3.37. The fraction of sp³-hybridized carbons (Fsp3) is 0.429. The molecule has 2 heterocycles. The number of aromatic carboxylic acids is 1. The molecule has 9 heteroatoms. The molecule has 0 radical (unpaired) electrons. The molecule has 2 aromatic rings. The van der Waals surface area contributed by atoms with E-state index in [0.717, 1.165) is 30.8 Å². The van der Waals surface area contributed by atoms with E-state index in [4.69, 9.17) is 5.11 Å². The van der Waals surface area contributed by atoms with Gasteiger partial charge in [-0.3, -0.25) is 9.40 Å². The van der Waals surface area contributed by atoms with Crippen molar-refractivity contribution in [1.82, 2.24) is 14.8 Å². The lowest BCUT2D eigenvalue weighted by Gasteiger charge is -2.14. The van der Waals surface area contributed by atoms with Crippen LogP contribution in [0.4, 0.5) is 5.82 Å². The molecule has 2 aromatic heterocycles. The monoisotopic (exact) mass is 340 g/mol. The number of hydrogen-bond donors (Lipinski definition) is 3. The number of carboxylic acid groups (broad SMARTS) is 1. The van der Waals surface area contributed by atoms with Crippen LogP contribution in [0.3, 0.4) is 0 Å². The highest BCUT2D eigenvalue weighted by molar-refractivity contribution is 7.92. The highest BCUT2D eigenvalue weighted by atomic mass is 32.2. The number of nitrogens with one attached hydrogen (secondary N) is 2. The number of H-pyrrole nitrogens is 1. The minimum absolute atomic E-state index is 0.148. The topological polar surface area (TPSA) is 117 Å². The molecule has 0 atom stereocenters. The van der Waals surface area contributed by atoms with Crippen LogP contribution in [0.15, 0.2) is 23.2 Å². The lowest BCUT2D eigenvalue weighted by molar-refractivity contribution is 0.0691. The zero-order valence-electron chi connectivity index (χ0n) is 13.2. The quantitative estimate of drug-likeness (QED) is 0.715. The van der Waals surface area contributed by atoms with Crippen LogP contribution < -0.4 is 4.72 Å². The summed E-state index contributed by atoms with van der Waals surface area (Å²) in [5.74, 6) is -1.01. The van der Waals surface area contributed by atoms with Gasteiger partial charge in [-0.05, 0) is 25.8 Å². The van der Waals surface area contributed by atoms with Gasteiger partial charge >= 0.3 is 5.97 Å². The highest BCUT2D eigenvalue weighted by Crippen LogP contribution is 2.22. The minimum atomic E-state index is -3.89. The summed E-state index contributed by atoms with van der Waals surface area (Å²) < 4.78 is 28.8. The van der Waals surface area contributed by atoms with Crippen LogP contribution in [0, 0.1) is 6.92 Å². The molecule has 0 amide bonds. The van der Waals surface area contributed by atoms with Crippen molar-refractivity contribution in [2.45, 2.75) is 44.6 Å². The largest absolute Gasteiger partial charge is 0.477 e. The molecular weight excluding hydrogens is 320 g/mol. The Morgan fingerprint density at radius 1 is 1.39 bits per heavy atom. The van der Waals surface area contributed by atoms with Gasteiger partial charge in [0.15, 0.2) is 5.82 Å². The van der Waals surface area contributed by atoms with Crippen LogP contribution in [-0.2, 0) is 10.0 Å². The molecule has 126 valence electrons. The van der Waals surface area contributed by atoms with Crippen molar-refractivity contribution in [3.8, 4) is 0 Å². The number of aromatic amines is 1. The van der Waals surface area contributed by atoms with Gasteiger partial charge in [0.05, 0.1) is 6.04 Å². The molecule has 0 aliphatic heterocycles. The van der Waals surface area contributed by atoms with E-state index >= 15 is 0 Å². The molecular formula is C14H20N4O4S. The molecule has 3 N–H and O–H groups in total. The van der Waals surface area contributed by atoms with Crippen molar-refractivity contribution in [3.63, 3.8) is 0 Å². The number of nitrogens with zero attached hydrogens (tertiary/aromatic N) is 2. The second-order valence-corrected chi connectivity index (χ2v) is 6.93. The first-order valence-corrected chi connectivity index (χ1v) is 8.77. The first-order chi connectivity index (χ1) is 10.8. The summed E-state index contributed by atoms with van der Waals surface area (Å²) in [6.45, 7) is 5.96. The third kappa shape index (κ3) is 3.55. The molecule has 0 aliphatic carbocycles. The molecule has 0 saturated carbocycles. The van der Waals surface area contributed by atoms with Crippen molar-refractivity contribution in [2.24, 2.45) is 0 Å². The van der Waals surface area contributed by atoms with Crippen LogP contribution in [-0.4, -0.2) is 34.3 Å². The molecule has 0 saturated heterocycles. The van der Waals surface area contributed by atoms with E-state index in [9.17, 15) is 13.2 Å². The number of carbonyl (C=O) groups is 1. The van der Waals surface area contributed by atoms with Crippen molar-refractivity contribution < 1.29 is 18.3 Å². The smallest absolute Gasteiger partial charge is 0.352 e. The van der Waals surface area contributed by atoms with Crippen molar-refractivity contribution >= 4 is 21.8 Å². The Labute approximate surface area is 134 Å². The zero-order chi connectivity index (χ0) is 17.2. The third-order valence-corrected chi connectivity index (χ3v) is 4.98. The van der Waals surface area contributed by atoms with Gasteiger partial charge in [0, 0.05) is 18.0 Å². The fourth-order valence-electron chi connectivity index (χ4n) is 2.39. The summed E-state index contributed by atoms with van der Waals surface area (Å²) in [4.78, 5) is 13.1. The lowest BCUT2D eigenvalue weighted by atomic mass is 10.2. The van der Waals surface area contributed by atoms with Crippen LogP contribution in [0.1, 0.15) is 48.9 Å². The molecule has 0 fully saturated rings. The van der Waals surface area contributed by atoms with E-state index in [1.165, 1.54) is 0 Å². The number of aromatic nitrogens is 3. The average Bonchev–Trinajstić information content (AvgIpc) is 3.08. The first-order valence-electron chi connectivity index (χ1n) is 7.29. The van der Waals surface area contributed by atoms with Gasteiger partial charge in [0.2, 0.25) is 0 Å². The van der Waals surface area contributed by atoms with E-state index in [2.05, 4.69) is 14.8 Å². The van der Waals surface area contributed by atoms with Crippen molar-refractivity contribution in [1.29, 1.82) is 0 Å². The summed E-state index contributed by atoms with van der Waals surface area (Å²) in [5.41, 5.74) is 0.667. The Kier molecular flexibility index (Phi) is 4.79. The molecule has 0 spiro atoms. The number of hydrogen-bond acceptors (Lipinski definition) is 4. The summed E-state index contributed by atoms with van der Waals surface area (Å²) in [6.07, 6.45) is 2.92. The Morgan fingerprint density at radius 3 is 2.57 bits per heavy atom. The van der Waals surface area contributed by atoms with Gasteiger partial charge in [0.1, 0.15) is 10.6 Å². The molecule has 8 nitrogen and oxygen atoms in total. The number of carboxylic acids is 1. The summed E-state index contributed by atoms with van der Waals surface area (Å²) >= 11 is 0. The number of sulfonamides is 1. The Bertz CT molecular complexity index is 803. The molecule has 0 bridgehead atoms. The van der Waals surface area contributed by atoms with E-state index in [-0.39, 0.29) is 22.4 Å². The standard InChI is InChI=1S/C14H20N4O4S/c1-4-10(5-2)18-9(3)6-13(16-18)17-23(21,22)11-7-12(14(19)20)15-8-11/h6-8,10,15H,4-5H2,1-3H3,(H,16,17)(H,19,20). The molecule has 0 aliphatic rings. The lowest BCUT2D eigenvalue weighted by Crippen LogP contribution is -2.14. The number of anilines is 1.